The second-order valence-corrected chi connectivity index (χ2v) is 3.50. The van der Waals surface area contributed by atoms with Crippen molar-refractivity contribution in [3.05, 3.63) is 41.8 Å². The summed E-state index contributed by atoms with van der Waals surface area (Å²) in [6.07, 6.45) is 0. The molecule has 0 aliphatic carbocycles. The van der Waals surface area contributed by atoms with Gasteiger partial charge in [-0.15, -0.1) is 11.3 Å². The van der Waals surface area contributed by atoms with E-state index >= 15 is 0 Å². The van der Waals surface area contributed by atoms with Crippen LogP contribution >= 0.6 is 11.3 Å². The number of methoxy groups -OCH3 is 1. The minimum atomic E-state index is 0.809. The summed E-state index contributed by atoms with van der Waals surface area (Å²) >= 11 is 1.58. The second kappa shape index (κ2) is 3.62. The summed E-state index contributed by atoms with van der Waals surface area (Å²) in [5, 5.41) is 3.07. The van der Waals surface area contributed by atoms with Crippen molar-refractivity contribution in [3.8, 4) is 16.2 Å². The minimum absolute atomic E-state index is 0.809. The molecular formula is C11H9OS. The van der Waals surface area contributed by atoms with Crippen LogP contribution in [0.1, 0.15) is 0 Å². The Morgan fingerprint density at radius 2 is 2.00 bits per heavy atom. The van der Waals surface area contributed by atoms with Gasteiger partial charge < -0.3 is 4.74 Å². The second-order valence-electron chi connectivity index (χ2n) is 2.65. The maximum absolute atomic E-state index is 5.07. The maximum atomic E-state index is 5.07. The summed E-state index contributed by atoms with van der Waals surface area (Å²) < 4.78 is 5.07. The first kappa shape index (κ1) is 8.32. The molecule has 2 aromatic rings. The highest BCUT2D eigenvalue weighted by Gasteiger charge is 2.01. The summed E-state index contributed by atoms with van der Waals surface area (Å²) in [6.45, 7) is 0. The molecule has 0 spiro atoms. The SMILES string of the molecule is COc1[c]sc(-c2ccccc2)c1. The van der Waals surface area contributed by atoms with Gasteiger partial charge in [0.05, 0.1) is 12.5 Å². The van der Waals surface area contributed by atoms with E-state index in [0.717, 1.165) is 5.75 Å². The summed E-state index contributed by atoms with van der Waals surface area (Å²) in [5.74, 6) is 0.809. The highest BCUT2D eigenvalue weighted by atomic mass is 32.1. The molecule has 0 fully saturated rings. The zero-order chi connectivity index (χ0) is 9.10. The van der Waals surface area contributed by atoms with Gasteiger partial charge in [0.1, 0.15) is 5.75 Å². The third kappa shape index (κ3) is 1.73. The van der Waals surface area contributed by atoms with Crippen molar-refractivity contribution in [3.63, 3.8) is 0 Å². The Balaban J connectivity index is 2.36. The van der Waals surface area contributed by atoms with Crippen molar-refractivity contribution in [1.82, 2.24) is 0 Å². The Morgan fingerprint density at radius 3 is 2.62 bits per heavy atom. The van der Waals surface area contributed by atoms with Crippen LogP contribution in [0.25, 0.3) is 10.4 Å². The first-order valence-electron chi connectivity index (χ1n) is 4.01. The van der Waals surface area contributed by atoms with Gasteiger partial charge in [0.25, 0.3) is 0 Å². The molecule has 1 radical (unpaired) electrons. The molecule has 0 saturated carbocycles. The third-order valence-corrected chi connectivity index (χ3v) is 2.68. The van der Waals surface area contributed by atoms with E-state index in [1.807, 2.05) is 24.3 Å². The van der Waals surface area contributed by atoms with Gasteiger partial charge in [-0.1, -0.05) is 30.3 Å². The van der Waals surface area contributed by atoms with Gasteiger partial charge in [0, 0.05) is 4.88 Å². The van der Waals surface area contributed by atoms with Gasteiger partial charge in [-0.3, -0.25) is 0 Å². The molecule has 0 bridgehead atoms. The molecule has 0 saturated heterocycles. The molecule has 1 heterocycles. The Hall–Kier alpha value is -1.28. The van der Waals surface area contributed by atoms with Crippen LogP contribution in [0, 0.1) is 5.38 Å². The van der Waals surface area contributed by atoms with E-state index in [9.17, 15) is 0 Å². The average molecular weight is 189 g/mol. The van der Waals surface area contributed by atoms with Crippen molar-refractivity contribution >= 4 is 11.3 Å². The lowest BCUT2D eigenvalue weighted by molar-refractivity contribution is 0.416. The van der Waals surface area contributed by atoms with Crippen LogP contribution in [0.3, 0.4) is 0 Å². The molecule has 0 unspecified atom stereocenters. The van der Waals surface area contributed by atoms with E-state index in [-0.39, 0.29) is 0 Å². The van der Waals surface area contributed by atoms with Crippen LogP contribution in [-0.2, 0) is 0 Å². The zero-order valence-electron chi connectivity index (χ0n) is 7.28. The van der Waals surface area contributed by atoms with E-state index in [0.29, 0.717) is 0 Å². The van der Waals surface area contributed by atoms with Crippen molar-refractivity contribution in [1.29, 1.82) is 0 Å². The largest absolute Gasteiger partial charge is 0.495 e. The Kier molecular flexibility index (Phi) is 2.32. The van der Waals surface area contributed by atoms with Crippen LogP contribution in [0.4, 0.5) is 0 Å². The van der Waals surface area contributed by atoms with Crippen LogP contribution in [0.2, 0.25) is 0 Å². The molecule has 0 atom stereocenters. The maximum Gasteiger partial charge on any atom is 0.139 e. The monoisotopic (exact) mass is 189 g/mol. The molecular weight excluding hydrogens is 180 g/mol. The van der Waals surface area contributed by atoms with Gasteiger partial charge >= 0.3 is 0 Å². The predicted molar refractivity (Wildman–Crippen MR) is 55.1 cm³/mol. The molecule has 0 amide bonds. The fraction of sp³-hybridized carbons (Fsp3) is 0.0909. The number of ether oxygens (including phenoxy) is 1. The highest BCUT2D eigenvalue weighted by Crippen LogP contribution is 2.29. The van der Waals surface area contributed by atoms with Gasteiger partial charge in [-0.2, -0.15) is 0 Å². The smallest absolute Gasteiger partial charge is 0.139 e. The van der Waals surface area contributed by atoms with Crippen LogP contribution < -0.4 is 4.74 Å². The van der Waals surface area contributed by atoms with Crippen LogP contribution in [-0.4, -0.2) is 7.11 Å². The van der Waals surface area contributed by atoms with Crippen LogP contribution in [0.5, 0.6) is 5.75 Å². The first-order valence-corrected chi connectivity index (χ1v) is 4.83. The van der Waals surface area contributed by atoms with Crippen LogP contribution in [0.15, 0.2) is 36.4 Å². The summed E-state index contributed by atoms with van der Waals surface area (Å²) in [6, 6.07) is 12.2. The Bertz CT molecular complexity index is 378. The molecule has 2 heteroatoms. The fourth-order valence-corrected chi connectivity index (χ4v) is 1.90. The fourth-order valence-electron chi connectivity index (χ4n) is 1.13. The number of hydrogen-bond acceptors (Lipinski definition) is 2. The number of thiophene rings is 1. The van der Waals surface area contributed by atoms with Gasteiger partial charge in [-0.05, 0) is 11.6 Å². The summed E-state index contributed by atoms with van der Waals surface area (Å²) in [4.78, 5) is 1.19. The minimum Gasteiger partial charge on any atom is -0.495 e. The van der Waals surface area contributed by atoms with E-state index in [2.05, 4.69) is 17.5 Å². The molecule has 2 rings (SSSR count). The Labute approximate surface area is 81.6 Å². The van der Waals surface area contributed by atoms with Gasteiger partial charge in [0.2, 0.25) is 0 Å². The number of rotatable bonds is 2. The van der Waals surface area contributed by atoms with Crippen molar-refractivity contribution in [2.45, 2.75) is 0 Å². The summed E-state index contributed by atoms with van der Waals surface area (Å²) in [7, 11) is 1.66. The molecule has 1 aromatic carbocycles. The van der Waals surface area contributed by atoms with E-state index in [1.165, 1.54) is 10.4 Å². The standard InChI is InChI=1S/C11H9OS/c1-12-10-7-11(13-8-10)9-5-3-2-4-6-9/h2-7H,1H3. The van der Waals surface area contributed by atoms with E-state index in [1.54, 1.807) is 18.4 Å². The molecule has 0 aliphatic rings. The Morgan fingerprint density at radius 1 is 1.23 bits per heavy atom. The van der Waals surface area contributed by atoms with E-state index < -0.39 is 0 Å². The van der Waals surface area contributed by atoms with Crippen molar-refractivity contribution < 1.29 is 4.74 Å². The molecule has 65 valence electrons. The zero-order valence-corrected chi connectivity index (χ0v) is 8.10. The quantitative estimate of drug-likeness (QED) is 0.704. The number of benzene rings is 1. The van der Waals surface area contributed by atoms with Gasteiger partial charge in [0.15, 0.2) is 0 Å². The molecule has 13 heavy (non-hydrogen) atoms. The molecule has 1 aromatic heterocycles. The van der Waals surface area contributed by atoms with Gasteiger partial charge in [-0.25, -0.2) is 0 Å². The molecule has 0 aliphatic heterocycles. The lowest BCUT2D eigenvalue weighted by Gasteiger charge is -1.94. The number of hydrogen-bond donors (Lipinski definition) is 0. The average Bonchev–Trinajstić information content (AvgIpc) is 2.67. The molecule has 1 nitrogen and oxygen atoms in total. The van der Waals surface area contributed by atoms with E-state index in [4.69, 9.17) is 4.74 Å². The van der Waals surface area contributed by atoms with Crippen molar-refractivity contribution in [2.24, 2.45) is 0 Å². The predicted octanol–water partition coefficient (Wildman–Crippen LogP) is 3.22. The van der Waals surface area contributed by atoms with Crippen molar-refractivity contribution in [2.75, 3.05) is 7.11 Å². The highest BCUT2D eigenvalue weighted by molar-refractivity contribution is 7.13. The molecule has 0 N–H and O–H groups in total. The lowest BCUT2D eigenvalue weighted by atomic mass is 10.2. The lowest BCUT2D eigenvalue weighted by Crippen LogP contribution is -1.76. The topological polar surface area (TPSA) is 9.23 Å². The first-order chi connectivity index (χ1) is 6.40. The summed E-state index contributed by atoms with van der Waals surface area (Å²) in [5.41, 5.74) is 1.21. The normalized spacial score (nSPS) is 9.92. The third-order valence-electron chi connectivity index (χ3n) is 1.80.